The number of hydrogen-bond donors (Lipinski definition) is 0. The number of rotatable bonds is 4. The zero-order chi connectivity index (χ0) is 16.4. The molecule has 2 aliphatic heterocycles. The number of hydrogen-bond acceptors (Lipinski definition) is 3. The maximum Gasteiger partial charge on any atom is 0.236 e. The summed E-state index contributed by atoms with van der Waals surface area (Å²) in [4.78, 5) is 30.6. The van der Waals surface area contributed by atoms with Crippen LogP contribution >= 0.6 is 0 Å². The van der Waals surface area contributed by atoms with Crippen molar-refractivity contribution in [3.63, 3.8) is 0 Å². The van der Waals surface area contributed by atoms with Gasteiger partial charge in [0, 0.05) is 33.7 Å². The number of carbonyl (C=O) groups excluding carboxylic acids is 2. The van der Waals surface area contributed by atoms with Gasteiger partial charge in [0.2, 0.25) is 11.8 Å². The molecule has 0 N–H and O–H groups in total. The van der Waals surface area contributed by atoms with Gasteiger partial charge in [-0.2, -0.15) is 0 Å². The number of likely N-dealkylation sites (N-methyl/N-ethyl adjacent to an activating group) is 1. The second-order valence-electron chi connectivity index (χ2n) is 8.07. The fourth-order valence-corrected chi connectivity index (χ4v) is 4.58. The Labute approximate surface area is 140 Å². The first kappa shape index (κ1) is 16.7. The smallest absolute Gasteiger partial charge is 0.236 e. The number of β-lactam (4-membered cyclic amide) rings is 1. The van der Waals surface area contributed by atoms with Crippen LogP contribution in [-0.2, 0) is 9.59 Å². The van der Waals surface area contributed by atoms with Crippen LogP contribution < -0.4 is 0 Å². The van der Waals surface area contributed by atoms with Crippen LogP contribution in [0, 0.1) is 11.3 Å². The predicted octanol–water partition coefficient (Wildman–Crippen LogP) is 1.58. The van der Waals surface area contributed by atoms with E-state index in [-0.39, 0.29) is 11.3 Å². The van der Waals surface area contributed by atoms with E-state index in [9.17, 15) is 9.59 Å². The summed E-state index contributed by atoms with van der Waals surface area (Å²) in [5, 5.41) is 0. The molecule has 3 rings (SSSR count). The largest absolute Gasteiger partial charge is 0.348 e. The minimum atomic E-state index is -0.181. The Bertz CT molecular complexity index is 459. The minimum Gasteiger partial charge on any atom is -0.348 e. The Morgan fingerprint density at radius 3 is 2.57 bits per heavy atom. The van der Waals surface area contributed by atoms with E-state index >= 15 is 0 Å². The lowest BCUT2D eigenvalue weighted by molar-refractivity contribution is -0.168. The molecular weight excluding hydrogens is 290 g/mol. The summed E-state index contributed by atoms with van der Waals surface area (Å²) in [6.45, 7) is 4.04. The van der Waals surface area contributed by atoms with Gasteiger partial charge < -0.3 is 9.80 Å². The van der Waals surface area contributed by atoms with E-state index in [1.807, 2.05) is 0 Å². The van der Waals surface area contributed by atoms with Gasteiger partial charge in [-0.1, -0.05) is 19.3 Å². The van der Waals surface area contributed by atoms with Crippen molar-refractivity contribution >= 4 is 11.8 Å². The van der Waals surface area contributed by atoms with E-state index in [0.717, 1.165) is 44.9 Å². The number of nitrogens with zero attached hydrogens (tertiary/aromatic N) is 3. The highest BCUT2D eigenvalue weighted by atomic mass is 16.2. The lowest BCUT2D eigenvalue weighted by Crippen LogP contribution is -2.67. The average molecular weight is 321 g/mol. The molecule has 2 amide bonds. The van der Waals surface area contributed by atoms with E-state index in [2.05, 4.69) is 9.80 Å². The molecule has 1 unspecified atom stereocenters. The second-order valence-corrected chi connectivity index (χ2v) is 8.07. The van der Waals surface area contributed by atoms with Crippen LogP contribution in [0.4, 0.5) is 0 Å². The summed E-state index contributed by atoms with van der Waals surface area (Å²) < 4.78 is 0. The molecular formula is C18H31N3O2. The van der Waals surface area contributed by atoms with Crippen molar-refractivity contribution in [3.05, 3.63) is 0 Å². The van der Waals surface area contributed by atoms with Crippen LogP contribution in [0.2, 0.25) is 0 Å². The molecule has 5 heteroatoms. The van der Waals surface area contributed by atoms with E-state index in [1.54, 1.807) is 19.0 Å². The van der Waals surface area contributed by atoms with Gasteiger partial charge in [0.05, 0.1) is 12.0 Å². The fourth-order valence-electron chi connectivity index (χ4n) is 4.58. The molecule has 0 aromatic carbocycles. The number of likely N-dealkylation sites (tertiary alicyclic amines) is 2. The van der Waals surface area contributed by atoms with Gasteiger partial charge in [0.15, 0.2) is 0 Å². The van der Waals surface area contributed by atoms with Crippen LogP contribution in [0.25, 0.3) is 0 Å². The van der Waals surface area contributed by atoms with Crippen molar-refractivity contribution in [1.82, 2.24) is 14.7 Å². The Morgan fingerprint density at radius 1 is 1.17 bits per heavy atom. The van der Waals surface area contributed by atoms with Gasteiger partial charge in [-0.05, 0) is 38.1 Å². The third-order valence-electron chi connectivity index (χ3n) is 5.95. The first-order valence-electron chi connectivity index (χ1n) is 9.22. The molecule has 0 radical (unpaired) electrons. The topological polar surface area (TPSA) is 43.9 Å². The SMILES string of the molecule is CN(C)C(=O)CN1CCCC2(C1)CN(CC1CCCCC1)C2=O. The summed E-state index contributed by atoms with van der Waals surface area (Å²) in [6, 6.07) is 0. The average Bonchev–Trinajstić information content (AvgIpc) is 2.55. The molecule has 1 saturated carbocycles. The molecule has 3 aliphatic rings. The molecule has 1 aliphatic carbocycles. The van der Waals surface area contributed by atoms with Crippen molar-refractivity contribution in [1.29, 1.82) is 0 Å². The Kier molecular flexibility index (Phi) is 4.95. The molecule has 2 saturated heterocycles. The van der Waals surface area contributed by atoms with Crippen LogP contribution in [0.1, 0.15) is 44.9 Å². The third-order valence-corrected chi connectivity index (χ3v) is 5.95. The Balaban J connectivity index is 1.52. The monoisotopic (exact) mass is 321 g/mol. The van der Waals surface area contributed by atoms with E-state index in [0.29, 0.717) is 12.5 Å². The van der Waals surface area contributed by atoms with Gasteiger partial charge in [-0.25, -0.2) is 0 Å². The van der Waals surface area contributed by atoms with Crippen LogP contribution in [0.15, 0.2) is 0 Å². The normalized spacial score (nSPS) is 29.7. The maximum atomic E-state index is 12.8. The highest BCUT2D eigenvalue weighted by Gasteiger charge is 2.53. The predicted molar refractivity (Wildman–Crippen MR) is 90.0 cm³/mol. The molecule has 130 valence electrons. The minimum absolute atomic E-state index is 0.132. The summed E-state index contributed by atoms with van der Waals surface area (Å²) in [6.07, 6.45) is 8.64. The molecule has 1 atom stereocenters. The Hall–Kier alpha value is -1.10. The van der Waals surface area contributed by atoms with Crippen molar-refractivity contribution in [3.8, 4) is 0 Å². The fraction of sp³-hybridized carbons (Fsp3) is 0.889. The summed E-state index contributed by atoms with van der Waals surface area (Å²) in [5.74, 6) is 1.21. The first-order valence-corrected chi connectivity index (χ1v) is 9.22. The zero-order valence-corrected chi connectivity index (χ0v) is 14.7. The van der Waals surface area contributed by atoms with Crippen molar-refractivity contribution in [2.24, 2.45) is 11.3 Å². The van der Waals surface area contributed by atoms with Gasteiger partial charge in [-0.15, -0.1) is 0 Å². The maximum absolute atomic E-state index is 12.8. The molecule has 0 bridgehead atoms. The highest BCUT2D eigenvalue weighted by Crippen LogP contribution is 2.41. The molecule has 23 heavy (non-hydrogen) atoms. The summed E-state index contributed by atoms with van der Waals surface area (Å²) in [7, 11) is 3.59. The summed E-state index contributed by atoms with van der Waals surface area (Å²) in [5.41, 5.74) is -0.181. The molecule has 0 aromatic heterocycles. The molecule has 1 spiro atoms. The van der Waals surface area contributed by atoms with Gasteiger partial charge in [-0.3, -0.25) is 14.5 Å². The number of piperidine rings is 1. The van der Waals surface area contributed by atoms with Gasteiger partial charge in [0.1, 0.15) is 0 Å². The van der Waals surface area contributed by atoms with Gasteiger partial charge >= 0.3 is 0 Å². The first-order chi connectivity index (χ1) is 11.0. The number of carbonyl (C=O) groups is 2. The highest BCUT2D eigenvalue weighted by molar-refractivity contribution is 5.89. The molecule has 2 heterocycles. The van der Waals surface area contributed by atoms with Crippen molar-refractivity contribution in [2.75, 3.05) is 46.8 Å². The lowest BCUT2D eigenvalue weighted by Gasteiger charge is -2.54. The van der Waals surface area contributed by atoms with Gasteiger partial charge in [0.25, 0.3) is 0 Å². The zero-order valence-electron chi connectivity index (χ0n) is 14.7. The van der Waals surface area contributed by atoms with Crippen LogP contribution in [-0.4, -0.2) is 73.3 Å². The van der Waals surface area contributed by atoms with Crippen molar-refractivity contribution < 1.29 is 9.59 Å². The molecule has 3 fully saturated rings. The third kappa shape index (κ3) is 3.54. The second kappa shape index (κ2) is 6.80. The lowest BCUT2D eigenvalue weighted by atomic mass is 9.71. The number of amides is 2. The van der Waals surface area contributed by atoms with Crippen LogP contribution in [0.3, 0.4) is 0 Å². The standard InChI is InChI=1S/C18H31N3O2/c1-19(2)16(22)12-20-10-6-9-18(13-20)14-21(17(18)23)11-15-7-4-3-5-8-15/h15H,3-14H2,1-2H3. The van der Waals surface area contributed by atoms with E-state index in [1.165, 1.54) is 32.1 Å². The quantitative estimate of drug-likeness (QED) is 0.739. The molecule has 5 nitrogen and oxygen atoms in total. The van der Waals surface area contributed by atoms with E-state index < -0.39 is 0 Å². The van der Waals surface area contributed by atoms with Crippen LogP contribution in [0.5, 0.6) is 0 Å². The van der Waals surface area contributed by atoms with Crippen molar-refractivity contribution in [2.45, 2.75) is 44.9 Å². The summed E-state index contributed by atoms with van der Waals surface area (Å²) >= 11 is 0. The molecule has 0 aromatic rings. The Morgan fingerprint density at radius 2 is 1.91 bits per heavy atom. The van der Waals surface area contributed by atoms with E-state index in [4.69, 9.17) is 0 Å².